The second-order valence-corrected chi connectivity index (χ2v) is 7.39. The highest BCUT2D eigenvalue weighted by Gasteiger charge is 2.26. The van der Waals surface area contributed by atoms with E-state index in [1.165, 1.54) is 4.31 Å². The van der Waals surface area contributed by atoms with Gasteiger partial charge in [0.1, 0.15) is 0 Å². The molecule has 0 spiro atoms. The summed E-state index contributed by atoms with van der Waals surface area (Å²) >= 11 is 0. The molecular formula is C15H22N2O4S. The number of amides is 1. The monoisotopic (exact) mass is 326 g/mol. The molecule has 122 valence electrons. The van der Waals surface area contributed by atoms with Gasteiger partial charge in [-0.25, -0.2) is 8.42 Å². The van der Waals surface area contributed by atoms with Crippen molar-refractivity contribution in [2.75, 3.05) is 40.4 Å². The Balaban J connectivity index is 2.03. The highest BCUT2D eigenvalue weighted by molar-refractivity contribution is 7.89. The Bertz CT molecular complexity index is 605. The van der Waals surface area contributed by atoms with Crippen molar-refractivity contribution in [2.45, 2.75) is 17.7 Å². The number of rotatable bonds is 5. The lowest BCUT2D eigenvalue weighted by atomic mass is 10.1. The Morgan fingerprint density at radius 3 is 2.32 bits per heavy atom. The van der Waals surface area contributed by atoms with E-state index in [9.17, 15) is 13.2 Å². The molecule has 1 aliphatic heterocycles. The maximum atomic E-state index is 12.5. The molecule has 22 heavy (non-hydrogen) atoms. The van der Waals surface area contributed by atoms with Crippen molar-refractivity contribution in [3.8, 4) is 0 Å². The zero-order chi connectivity index (χ0) is 16.2. The van der Waals surface area contributed by atoms with E-state index < -0.39 is 10.0 Å². The molecule has 0 radical (unpaired) electrons. The van der Waals surface area contributed by atoms with Crippen molar-refractivity contribution < 1.29 is 17.9 Å². The molecule has 1 fully saturated rings. The fourth-order valence-corrected chi connectivity index (χ4v) is 3.65. The van der Waals surface area contributed by atoms with Crippen molar-refractivity contribution in [2.24, 2.45) is 0 Å². The van der Waals surface area contributed by atoms with Crippen LogP contribution in [0.5, 0.6) is 0 Å². The number of carbonyl (C=O) groups excluding carboxylic acids is 1. The Kier molecular flexibility index (Phi) is 5.55. The van der Waals surface area contributed by atoms with Gasteiger partial charge in [-0.15, -0.1) is 0 Å². The van der Waals surface area contributed by atoms with Crippen LogP contribution >= 0.6 is 0 Å². The average Bonchev–Trinajstić information content (AvgIpc) is 2.53. The minimum Gasteiger partial charge on any atom is -0.379 e. The van der Waals surface area contributed by atoms with E-state index in [1.807, 2.05) is 0 Å². The lowest BCUT2D eigenvalue weighted by Crippen LogP contribution is -2.40. The van der Waals surface area contributed by atoms with Gasteiger partial charge in [-0.05, 0) is 24.1 Å². The molecule has 1 amide bonds. The number of carbonyl (C=O) groups is 1. The molecule has 0 saturated carbocycles. The van der Waals surface area contributed by atoms with E-state index in [-0.39, 0.29) is 10.8 Å². The summed E-state index contributed by atoms with van der Waals surface area (Å²) in [5.74, 6) is 0.0602. The minimum atomic E-state index is -3.45. The second kappa shape index (κ2) is 7.21. The standard InChI is InChI=1S/C15H22N2O4S/c1-16(2)15(18)8-5-13-3-6-14(7-4-13)22(19,20)17-9-11-21-12-10-17/h3-4,6-7H,5,8-12H2,1-2H3. The minimum absolute atomic E-state index is 0.0602. The number of nitrogens with zero attached hydrogens (tertiary/aromatic N) is 2. The Hall–Kier alpha value is -1.44. The summed E-state index contributed by atoms with van der Waals surface area (Å²) in [6, 6.07) is 6.77. The van der Waals surface area contributed by atoms with Crippen LogP contribution in [-0.2, 0) is 26.0 Å². The molecule has 0 aromatic heterocycles. The number of sulfonamides is 1. The van der Waals surface area contributed by atoms with Crippen LogP contribution < -0.4 is 0 Å². The molecular weight excluding hydrogens is 304 g/mol. The first-order valence-corrected chi connectivity index (χ1v) is 8.72. The molecule has 0 atom stereocenters. The van der Waals surface area contributed by atoms with E-state index in [0.717, 1.165) is 5.56 Å². The van der Waals surface area contributed by atoms with E-state index in [0.29, 0.717) is 39.1 Å². The van der Waals surface area contributed by atoms with Gasteiger partial charge in [0.15, 0.2) is 0 Å². The molecule has 1 aliphatic rings. The van der Waals surface area contributed by atoms with Crippen molar-refractivity contribution in [1.29, 1.82) is 0 Å². The third kappa shape index (κ3) is 4.06. The maximum Gasteiger partial charge on any atom is 0.243 e. The number of ether oxygens (including phenoxy) is 1. The third-order valence-electron chi connectivity index (χ3n) is 3.66. The average molecular weight is 326 g/mol. The first-order valence-electron chi connectivity index (χ1n) is 7.28. The Morgan fingerprint density at radius 1 is 1.18 bits per heavy atom. The highest BCUT2D eigenvalue weighted by atomic mass is 32.2. The maximum absolute atomic E-state index is 12.5. The number of benzene rings is 1. The highest BCUT2D eigenvalue weighted by Crippen LogP contribution is 2.18. The van der Waals surface area contributed by atoms with Crippen molar-refractivity contribution in [1.82, 2.24) is 9.21 Å². The van der Waals surface area contributed by atoms with Crippen LogP contribution in [-0.4, -0.2) is 63.9 Å². The third-order valence-corrected chi connectivity index (χ3v) is 5.57. The van der Waals surface area contributed by atoms with Gasteiger partial charge < -0.3 is 9.64 Å². The molecule has 0 bridgehead atoms. The predicted molar refractivity (Wildman–Crippen MR) is 83.0 cm³/mol. The first kappa shape index (κ1) is 16.9. The number of morpholine rings is 1. The molecule has 0 aliphatic carbocycles. The fraction of sp³-hybridized carbons (Fsp3) is 0.533. The summed E-state index contributed by atoms with van der Waals surface area (Å²) in [4.78, 5) is 13.4. The van der Waals surface area contributed by atoms with E-state index in [4.69, 9.17) is 4.74 Å². The summed E-state index contributed by atoms with van der Waals surface area (Å²) in [6.45, 7) is 1.65. The molecule has 0 unspecified atom stereocenters. The van der Waals surface area contributed by atoms with Crippen LogP contribution in [0.1, 0.15) is 12.0 Å². The van der Waals surface area contributed by atoms with Crippen LogP contribution in [0.15, 0.2) is 29.2 Å². The van der Waals surface area contributed by atoms with Gasteiger partial charge in [0, 0.05) is 33.6 Å². The van der Waals surface area contributed by atoms with Gasteiger partial charge in [0.25, 0.3) is 0 Å². The van der Waals surface area contributed by atoms with E-state index in [2.05, 4.69) is 0 Å². The van der Waals surface area contributed by atoms with Crippen molar-refractivity contribution in [3.63, 3.8) is 0 Å². The molecule has 2 rings (SSSR count). The number of hydrogen-bond donors (Lipinski definition) is 0. The van der Waals surface area contributed by atoms with E-state index in [1.54, 1.807) is 43.3 Å². The fourth-order valence-electron chi connectivity index (χ4n) is 2.24. The molecule has 0 N–H and O–H groups in total. The molecule has 7 heteroatoms. The topological polar surface area (TPSA) is 66.9 Å². The second-order valence-electron chi connectivity index (χ2n) is 5.45. The summed E-state index contributed by atoms with van der Waals surface area (Å²) in [6.07, 6.45) is 1.03. The van der Waals surface area contributed by atoms with Crippen LogP contribution in [0.2, 0.25) is 0 Å². The zero-order valence-electron chi connectivity index (χ0n) is 13.0. The number of aryl methyl sites for hydroxylation is 1. The quantitative estimate of drug-likeness (QED) is 0.800. The predicted octanol–water partition coefficient (Wildman–Crippen LogP) is 0.728. The van der Waals surface area contributed by atoms with Crippen LogP contribution in [0.3, 0.4) is 0 Å². The summed E-state index contributed by atoms with van der Waals surface area (Å²) in [5, 5.41) is 0. The first-order chi connectivity index (χ1) is 10.4. The Morgan fingerprint density at radius 2 is 1.77 bits per heavy atom. The van der Waals surface area contributed by atoms with Crippen LogP contribution in [0.25, 0.3) is 0 Å². The summed E-state index contributed by atoms with van der Waals surface area (Å²) in [5.41, 5.74) is 0.955. The van der Waals surface area contributed by atoms with Gasteiger partial charge in [0.05, 0.1) is 18.1 Å². The van der Waals surface area contributed by atoms with Gasteiger partial charge in [-0.1, -0.05) is 12.1 Å². The van der Waals surface area contributed by atoms with Gasteiger partial charge in [-0.2, -0.15) is 4.31 Å². The lowest BCUT2D eigenvalue weighted by Gasteiger charge is -2.26. The van der Waals surface area contributed by atoms with Crippen LogP contribution in [0, 0.1) is 0 Å². The van der Waals surface area contributed by atoms with Gasteiger partial charge in [0.2, 0.25) is 15.9 Å². The molecule has 1 saturated heterocycles. The van der Waals surface area contributed by atoms with Crippen molar-refractivity contribution >= 4 is 15.9 Å². The summed E-state index contributed by atoms with van der Waals surface area (Å²) < 4.78 is 31.6. The van der Waals surface area contributed by atoms with Gasteiger partial charge in [-0.3, -0.25) is 4.79 Å². The zero-order valence-corrected chi connectivity index (χ0v) is 13.8. The number of hydrogen-bond acceptors (Lipinski definition) is 4. The lowest BCUT2D eigenvalue weighted by molar-refractivity contribution is -0.128. The molecule has 6 nitrogen and oxygen atoms in total. The van der Waals surface area contributed by atoms with Crippen LogP contribution in [0.4, 0.5) is 0 Å². The SMILES string of the molecule is CN(C)C(=O)CCc1ccc(S(=O)(=O)N2CCOCC2)cc1. The summed E-state index contributed by atoms with van der Waals surface area (Å²) in [7, 11) is -0.000224. The van der Waals surface area contributed by atoms with Crippen molar-refractivity contribution in [3.05, 3.63) is 29.8 Å². The van der Waals surface area contributed by atoms with Gasteiger partial charge >= 0.3 is 0 Å². The molecule has 1 aromatic carbocycles. The molecule has 1 aromatic rings. The Labute approximate surface area is 131 Å². The van der Waals surface area contributed by atoms with E-state index >= 15 is 0 Å². The normalized spacial score (nSPS) is 16.5. The smallest absolute Gasteiger partial charge is 0.243 e. The largest absolute Gasteiger partial charge is 0.379 e. The molecule has 1 heterocycles.